The fraction of sp³-hybridized carbons (Fsp3) is 0.462. The van der Waals surface area contributed by atoms with Crippen molar-refractivity contribution in [3.63, 3.8) is 0 Å². The van der Waals surface area contributed by atoms with Crippen LogP contribution in [0.4, 0.5) is 0 Å². The van der Waals surface area contributed by atoms with Crippen LogP contribution in [0.3, 0.4) is 0 Å². The molecule has 0 aliphatic heterocycles. The normalized spacial score (nSPS) is 12.6. The molecule has 1 aromatic heterocycles. The van der Waals surface area contributed by atoms with Crippen molar-refractivity contribution in [3.8, 4) is 0 Å². The lowest BCUT2D eigenvalue weighted by molar-refractivity contribution is -0.737. The molecule has 0 aliphatic carbocycles. The van der Waals surface area contributed by atoms with Crippen LogP contribution in [0, 0.1) is 20.8 Å². The Morgan fingerprint density at radius 2 is 1.46 bits per heavy atom. The molecule has 3 aromatic rings. The third kappa shape index (κ3) is 3.83. The fourth-order valence-corrected chi connectivity index (χ4v) is 4.17. The van der Waals surface area contributed by atoms with Crippen LogP contribution in [0.15, 0.2) is 36.4 Å². The predicted molar refractivity (Wildman–Crippen MR) is 119 cm³/mol. The Bertz CT molecular complexity index is 1030. The van der Waals surface area contributed by atoms with Gasteiger partial charge in [-0.05, 0) is 54.5 Å². The monoisotopic (exact) mass is 375 g/mol. The zero-order valence-corrected chi connectivity index (χ0v) is 19.1. The number of hydrogen-bond donors (Lipinski definition) is 0. The standard InChI is InChI=1S/C26H35N2/c1-17-14-22-24(15-18(17)2)28(26(7,8)9)23(19(3)27-22)16-20-12-10-11-13-21(20)25(4,5)6/h10-15H,16H2,1-9H3/q+1. The number of nitrogens with zero attached hydrogens (tertiary/aromatic N) is 2. The number of aromatic nitrogens is 2. The first-order valence-electron chi connectivity index (χ1n) is 10.3. The van der Waals surface area contributed by atoms with Crippen molar-refractivity contribution in [2.24, 2.45) is 0 Å². The number of aryl methyl sites for hydroxylation is 3. The lowest BCUT2D eigenvalue weighted by Crippen LogP contribution is -2.54. The first-order valence-corrected chi connectivity index (χ1v) is 10.3. The van der Waals surface area contributed by atoms with E-state index in [-0.39, 0.29) is 11.0 Å². The molecule has 1 heterocycles. The smallest absolute Gasteiger partial charge is 0.232 e. The summed E-state index contributed by atoms with van der Waals surface area (Å²) in [4.78, 5) is 5.02. The topological polar surface area (TPSA) is 16.8 Å². The van der Waals surface area contributed by atoms with E-state index in [9.17, 15) is 0 Å². The molecule has 28 heavy (non-hydrogen) atoms. The van der Waals surface area contributed by atoms with Crippen LogP contribution in [0.25, 0.3) is 11.0 Å². The first-order chi connectivity index (χ1) is 12.9. The number of fused-ring (bicyclic) bond motifs is 1. The molecule has 0 radical (unpaired) electrons. The fourth-order valence-electron chi connectivity index (χ4n) is 4.17. The van der Waals surface area contributed by atoms with Crippen molar-refractivity contribution in [1.29, 1.82) is 0 Å². The summed E-state index contributed by atoms with van der Waals surface area (Å²) >= 11 is 0. The van der Waals surface area contributed by atoms with Crippen molar-refractivity contribution in [2.75, 3.05) is 0 Å². The molecule has 0 aliphatic rings. The van der Waals surface area contributed by atoms with Crippen molar-refractivity contribution in [2.45, 2.75) is 79.7 Å². The molecule has 0 saturated heterocycles. The zero-order chi connectivity index (χ0) is 20.9. The third-order valence-electron chi connectivity index (χ3n) is 5.66. The highest BCUT2D eigenvalue weighted by atomic mass is 15.1. The second-order valence-electron chi connectivity index (χ2n) is 10.2. The Hall–Kier alpha value is -2.22. The van der Waals surface area contributed by atoms with Crippen molar-refractivity contribution in [1.82, 2.24) is 4.98 Å². The van der Waals surface area contributed by atoms with Gasteiger partial charge in [0, 0.05) is 26.8 Å². The Labute approximate surface area is 170 Å². The first kappa shape index (κ1) is 20.5. The van der Waals surface area contributed by atoms with Crippen LogP contribution < -0.4 is 4.57 Å². The lowest BCUT2D eigenvalue weighted by atomic mass is 9.82. The second kappa shape index (κ2) is 6.99. The maximum absolute atomic E-state index is 5.02. The summed E-state index contributed by atoms with van der Waals surface area (Å²) in [5, 5.41) is 0. The summed E-state index contributed by atoms with van der Waals surface area (Å²) in [5.41, 5.74) is 10.2. The van der Waals surface area contributed by atoms with Gasteiger partial charge in [0.25, 0.3) is 0 Å². The van der Waals surface area contributed by atoms with E-state index in [0.29, 0.717) is 0 Å². The summed E-state index contributed by atoms with van der Waals surface area (Å²) in [7, 11) is 0. The maximum Gasteiger partial charge on any atom is 0.232 e. The van der Waals surface area contributed by atoms with Crippen LogP contribution in [-0.2, 0) is 17.4 Å². The van der Waals surface area contributed by atoms with E-state index in [2.05, 4.69) is 103 Å². The Morgan fingerprint density at radius 1 is 0.857 bits per heavy atom. The number of hydrogen-bond acceptors (Lipinski definition) is 1. The predicted octanol–water partition coefficient (Wildman–Crippen LogP) is 6.09. The minimum absolute atomic E-state index is 0.0281. The molecular formula is C26H35N2+. The van der Waals surface area contributed by atoms with Gasteiger partial charge in [-0.15, -0.1) is 0 Å². The third-order valence-corrected chi connectivity index (χ3v) is 5.66. The van der Waals surface area contributed by atoms with Crippen molar-refractivity contribution < 1.29 is 4.57 Å². The largest absolute Gasteiger partial charge is 0.240 e. The highest BCUT2D eigenvalue weighted by Gasteiger charge is 2.32. The zero-order valence-electron chi connectivity index (χ0n) is 19.1. The number of rotatable bonds is 2. The molecule has 0 atom stereocenters. The molecule has 3 rings (SSSR count). The molecule has 0 unspecified atom stereocenters. The van der Waals surface area contributed by atoms with Gasteiger partial charge < -0.3 is 0 Å². The molecule has 0 bridgehead atoms. The van der Waals surface area contributed by atoms with Gasteiger partial charge in [0.15, 0.2) is 5.54 Å². The van der Waals surface area contributed by atoms with Gasteiger partial charge in [0.1, 0.15) is 11.2 Å². The van der Waals surface area contributed by atoms with Gasteiger partial charge in [-0.3, -0.25) is 0 Å². The highest BCUT2D eigenvalue weighted by molar-refractivity contribution is 5.73. The molecule has 2 nitrogen and oxygen atoms in total. The van der Waals surface area contributed by atoms with Gasteiger partial charge in [0.2, 0.25) is 11.2 Å². The van der Waals surface area contributed by atoms with Crippen LogP contribution in [0.2, 0.25) is 0 Å². The Morgan fingerprint density at radius 3 is 2.07 bits per heavy atom. The van der Waals surface area contributed by atoms with E-state index < -0.39 is 0 Å². The van der Waals surface area contributed by atoms with E-state index in [0.717, 1.165) is 17.6 Å². The lowest BCUT2D eigenvalue weighted by Gasteiger charge is -2.24. The van der Waals surface area contributed by atoms with E-state index >= 15 is 0 Å². The summed E-state index contributed by atoms with van der Waals surface area (Å²) < 4.78 is 2.51. The van der Waals surface area contributed by atoms with E-state index in [1.807, 2.05) is 0 Å². The minimum atomic E-state index is -0.0281. The molecule has 2 aromatic carbocycles. The van der Waals surface area contributed by atoms with Crippen LogP contribution in [0.5, 0.6) is 0 Å². The molecule has 0 amide bonds. The molecule has 0 saturated carbocycles. The number of benzene rings is 2. The van der Waals surface area contributed by atoms with E-state index in [1.54, 1.807) is 0 Å². The molecule has 148 valence electrons. The van der Waals surface area contributed by atoms with Crippen LogP contribution in [-0.4, -0.2) is 4.98 Å². The highest BCUT2D eigenvalue weighted by Crippen LogP contribution is 2.28. The summed E-state index contributed by atoms with van der Waals surface area (Å²) in [6.45, 7) is 20.3. The van der Waals surface area contributed by atoms with Crippen molar-refractivity contribution in [3.05, 3.63) is 70.0 Å². The summed E-state index contributed by atoms with van der Waals surface area (Å²) in [6, 6.07) is 13.4. The SMILES string of the molecule is Cc1cc2nc(C)c(Cc3ccccc3C(C)(C)C)[n+](C(C)(C)C)c2cc1C. The molecule has 0 N–H and O–H groups in total. The Kier molecular flexibility index (Phi) is 5.12. The quantitative estimate of drug-likeness (QED) is 0.495. The molecule has 0 fully saturated rings. The molecule has 0 spiro atoms. The second-order valence-corrected chi connectivity index (χ2v) is 10.2. The average Bonchev–Trinajstić information content (AvgIpc) is 2.56. The molecular weight excluding hydrogens is 340 g/mol. The van der Waals surface area contributed by atoms with Gasteiger partial charge in [-0.2, -0.15) is 4.57 Å². The maximum atomic E-state index is 5.02. The van der Waals surface area contributed by atoms with Crippen molar-refractivity contribution >= 4 is 11.0 Å². The van der Waals surface area contributed by atoms with Crippen LogP contribution in [0.1, 0.15) is 75.2 Å². The van der Waals surface area contributed by atoms with Gasteiger partial charge in [-0.1, -0.05) is 45.0 Å². The van der Waals surface area contributed by atoms with Gasteiger partial charge in [0.05, 0.1) is 6.42 Å². The Balaban J connectivity index is 2.31. The van der Waals surface area contributed by atoms with Gasteiger partial charge in [-0.25, -0.2) is 4.98 Å². The van der Waals surface area contributed by atoms with Crippen LogP contribution >= 0.6 is 0 Å². The van der Waals surface area contributed by atoms with E-state index in [4.69, 9.17) is 4.98 Å². The van der Waals surface area contributed by atoms with E-state index in [1.165, 1.54) is 33.5 Å². The summed E-state index contributed by atoms with van der Waals surface area (Å²) in [5.74, 6) is 0. The van der Waals surface area contributed by atoms with Gasteiger partial charge >= 0.3 is 0 Å². The minimum Gasteiger partial charge on any atom is -0.240 e. The summed E-state index contributed by atoms with van der Waals surface area (Å²) in [6.07, 6.45) is 0.895. The average molecular weight is 376 g/mol. The molecule has 2 heteroatoms.